The van der Waals surface area contributed by atoms with Crippen molar-refractivity contribution in [3.8, 4) is 6.07 Å². The van der Waals surface area contributed by atoms with Gasteiger partial charge >= 0.3 is 0 Å². The molecule has 5 nitrogen and oxygen atoms in total. The Labute approximate surface area is 160 Å². The predicted octanol–water partition coefficient (Wildman–Crippen LogP) is 3.80. The summed E-state index contributed by atoms with van der Waals surface area (Å²) in [6.07, 6.45) is 5.61. The van der Waals surface area contributed by atoms with Crippen LogP contribution in [0.1, 0.15) is 51.4 Å². The molecule has 2 aromatic heterocycles. The Morgan fingerprint density at radius 3 is 2.88 bits per heavy atom. The van der Waals surface area contributed by atoms with Crippen LogP contribution in [0.5, 0.6) is 0 Å². The van der Waals surface area contributed by atoms with E-state index < -0.39 is 6.04 Å². The first-order valence-electron chi connectivity index (χ1n) is 8.89. The lowest BCUT2D eigenvalue weighted by molar-refractivity contribution is -0.119. The van der Waals surface area contributed by atoms with Crippen LogP contribution in [-0.4, -0.2) is 29.3 Å². The molecule has 134 valence electrons. The van der Waals surface area contributed by atoms with Crippen molar-refractivity contribution in [3.05, 3.63) is 38.4 Å². The van der Waals surface area contributed by atoms with Crippen LogP contribution < -0.4 is 5.32 Å². The second kappa shape index (κ2) is 7.22. The van der Waals surface area contributed by atoms with E-state index in [1.54, 1.807) is 11.0 Å². The Morgan fingerprint density at radius 2 is 2.12 bits per heavy atom. The molecule has 3 heterocycles. The molecule has 0 spiro atoms. The zero-order valence-corrected chi connectivity index (χ0v) is 15.9. The second-order valence-electron chi connectivity index (χ2n) is 6.65. The average molecular weight is 386 g/mol. The standard InChI is InChI=1S/C19H19N3O2S2/c20-11-13-12-5-1-2-7-15(12)26-18(13)21-17(23)14-6-3-9-22(14)19(24)16-8-4-10-25-16/h4,8,10,14H,1-3,5-7,9H2,(H,21,23)/t14-/m0/s1. The molecule has 0 radical (unpaired) electrons. The number of thiophene rings is 2. The highest BCUT2D eigenvalue weighted by Gasteiger charge is 2.35. The molecule has 2 aliphatic rings. The molecule has 0 unspecified atom stereocenters. The van der Waals surface area contributed by atoms with Crippen LogP contribution in [0, 0.1) is 11.3 Å². The fraction of sp³-hybridized carbons (Fsp3) is 0.421. The third-order valence-corrected chi connectivity index (χ3v) is 7.13. The van der Waals surface area contributed by atoms with Gasteiger partial charge in [0.1, 0.15) is 17.1 Å². The van der Waals surface area contributed by atoms with Crippen molar-refractivity contribution < 1.29 is 9.59 Å². The molecule has 0 aromatic carbocycles. The SMILES string of the molecule is N#Cc1c(NC(=O)[C@@H]2CCCN2C(=O)c2cccs2)sc2c1CCCC2. The number of fused-ring (bicyclic) bond motifs is 1. The number of nitrogens with zero attached hydrogens (tertiary/aromatic N) is 2. The van der Waals surface area contributed by atoms with E-state index in [-0.39, 0.29) is 11.8 Å². The van der Waals surface area contributed by atoms with Gasteiger partial charge in [-0.1, -0.05) is 6.07 Å². The number of nitrogens with one attached hydrogen (secondary N) is 1. The summed E-state index contributed by atoms with van der Waals surface area (Å²) in [5.74, 6) is -0.258. The van der Waals surface area contributed by atoms with E-state index in [1.165, 1.54) is 27.6 Å². The van der Waals surface area contributed by atoms with Crippen molar-refractivity contribution in [2.75, 3.05) is 11.9 Å². The van der Waals surface area contributed by atoms with Gasteiger partial charge in [-0.3, -0.25) is 9.59 Å². The highest BCUT2D eigenvalue weighted by molar-refractivity contribution is 7.16. The summed E-state index contributed by atoms with van der Waals surface area (Å²) >= 11 is 2.92. The van der Waals surface area contributed by atoms with Gasteiger partial charge in [0, 0.05) is 11.4 Å². The van der Waals surface area contributed by atoms with E-state index in [9.17, 15) is 14.9 Å². The number of aryl methyl sites for hydroxylation is 1. The van der Waals surface area contributed by atoms with Crippen molar-refractivity contribution in [2.45, 2.75) is 44.6 Å². The smallest absolute Gasteiger partial charge is 0.264 e. The molecule has 1 saturated heterocycles. The minimum atomic E-state index is -0.463. The summed E-state index contributed by atoms with van der Waals surface area (Å²) in [4.78, 5) is 29.1. The molecule has 2 amide bonds. The first-order valence-corrected chi connectivity index (χ1v) is 10.6. The number of anilines is 1. The number of rotatable bonds is 3. The van der Waals surface area contributed by atoms with Gasteiger partial charge < -0.3 is 10.2 Å². The first-order chi connectivity index (χ1) is 12.7. The van der Waals surface area contributed by atoms with Crippen molar-refractivity contribution in [1.29, 1.82) is 5.26 Å². The van der Waals surface area contributed by atoms with Crippen molar-refractivity contribution in [3.63, 3.8) is 0 Å². The quantitative estimate of drug-likeness (QED) is 0.873. The lowest BCUT2D eigenvalue weighted by Crippen LogP contribution is -2.42. The number of nitriles is 1. The molecule has 26 heavy (non-hydrogen) atoms. The Morgan fingerprint density at radius 1 is 1.27 bits per heavy atom. The number of amides is 2. The summed E-state index contributed by atoms with van der Waals surface area (Å²) in [7, 11) is 0. The molecule has 4 rings (SSSR count). The van der Waals surface area contributed by atoms with Crippen LogP contribution in [0.15, 0.2) is 17.5 Å². The summed E-state index contributed by atoms with van der Waals surface area (Å²) in [5, 5.41) is 15.0. The van der Waals surface area contributed by atoms with Crippen molar-refractivity contribution in [1.82, 2.24) is 4.90 Å². The van der Waals surface area contributed by atoms with Crippen LogP contribution in [0.25, 0.3) is 0 Å². The van der Waals surface area contributed by atoms with Crippen LogP contribution >= 0.6 is 22.7 Å². The third-order valence-electron chi connectivity index (χ3n) is 5.07. The van der Waals surface area contributed by atoms with Crippen LogP contribution in [0.4, 0.5) is 5.00 Å². The van der Waals surface area contributed by atoms with Gasteiger partial charge in [-0.05, 0) is 55.5 Å². The fourth-order valence-electron chi connectivity index (χ4n) is 3.79. The Hall–Kier alpha value is -2.17. The van der Waals surface area contributed by atoms with Gasteiger partial charge in [-0.25, -0.2) is 0 Å². The van der Waals surface area contributed by atoms with Crippen molar-refractivity contribution >= 4 is 39.5 Å². The molecule has 1 aliphatic carbocycles. The minimum absolute atomic E-state index is 0.0800. The predicted molar refractivity (Wildman–Crippen MR) is 103 cm³/mol. The van der Waals surface area contributed by atoms with Gasteiger partial charge in [0.2, 0.25) is 5.91 Å². The van der Waals surface area contributed by atoms with E-state index in [0.29, 0.717) is 28.4 Å². The molecule has 1 aliphatic heterocycles. The molecule has 2 aromatic rings. The number of hydrogen-bond acceptors (Lipinski definition) is 5. The maximum Gasteiger partial charge on any atom is 0.264 e. The Balaban J connectivity index is 1.54. The number of carbonyl (C=O) groups excluding carboxylic acids is 2. The van der Waals surface area contributed by atoms with Gasteiger partial charge in [-0.15, -0.1) is 22.7 Å². The van der Waals surface area contributed by atoms with Crippen LogP contribution in [0.2, 0.25) is 0 Å². The zero-order valence-electron chi connectivity index (χ0n) is 14.3. The molecule has 0 bridgehead atoms. The highest BCUT2D eigenvalue weighted by Crippen LogP contribution is 2.38. The second-order valence-corrected chi connectivity index (χ2v) is 8.70. The molecule has 1 fully saturated rings. The van der Waals surface area contributed by atoms with E-state index in [1.807, 2.05) is 11.4 Å². The molecule has 0 saturated carbocycles. The van der Waals surface area contributed by atoms with Crippen LogP contribution in [0.3, 0.4) is 0 Å². The average Bonchev–Trinajstić information content (AvgIpc) is 3.39. The van der Waals surface area contributed by atoms with Crippen LogP contribution in [-0.2, 0) is 17.6 Å². The molecule has 1 atom stereocenters. The number of likely N-dealkylation sites (tertiary alicyclic amines) is 1. The van der Waals surface area contributed by atoms with Gasteiger partial charge in [0.25, 0.3) is 5.91 Å². The normalized spacial score (nSPS) is 19.0. The lowest BCUT2D eigenvalue weighted by atomic mass is 9.96. The molecule has 1 N–H and O–H groups in total. The highest BCUT2D eigenvalue weighted by atomic mass is 32.1. The lowest BCUT2D eigenvalue weighted by Gasteiger charge is -2.23. The maximum absolute atomic E-state index is 12.9. The molecular weight excluding hydrogens is 366 g/mol. The van der Waals surface area contributed by atoms with Gasteiger partial charge in [0.15, 0.2) is 0 Å². The van der Waals surface area contributed by atoms with E-state index in [2.05, 4.69) is 11.4 Å². The van der Waals surface area contributed by atoms with Gasteiger partial charge in [-0.2, -0.15) is 5.26 Å². The summed E-state index contributed by atoms with van der Waals surface area (Å²) in [6, 6.07) is 5.45. The molecular formula is C19H19N3O2S2. The Kier molecular flexibility index (Phi) is 4.79. The van der Waals surface area contributed by atoms with E-state index in [4.69, 9.17) is 0 Å². The monoisotopic (exact) mass is 385 g/mol. The minimum Gasteiger partial charge on any atom is -0.326 e. The summed E-state index contributed by atoms with van der Waals surface area (Å²) < 4.78 is 0. The largest absolute Gasteiger partial charge is 0.326 e. The van der Waals surface area contributed by atoms with E-state index in [0.717, 1.165) is 37.7 Å². The molecule has 7 heteroatoms. The first kappa shape index (κ1) is 17.3. The van der Waals surface area contributed by atoms with E-state index >= 15 is 0 Å². The zero-order chi connectivity index (χ0) is 18.1. The maximum atomic E-state index is 12.9. The third kappa shape index (κ3) is 3.04. The topological polar surface area (TPSA) is 73.2 Å². The van der Waals surface area contributed by atoms with Crippen molar-refractivity contribution in [2.24, 2.45) is 0 Å². The Bertz CT molecular complexity index is 879. The summed E-state index contributed by atoms with van der Waals surface area (Å²) in [6.45, 7) is 0.598. The number of hydrogen-bond donors (Lipinski definition) is 1. The van der Waals surface area contributed by atoms with Gasteiger partial charge in [0.05, 0.1) is 10.4 Å². The summed E-state index contributed by atoms with van der Waals surface area (Å²) in [5.41, 5.74) is 1.73. The fourth-order valence-corrected chi connectivity index (χ4v) is 5.71. The number of carbonyl (C=O) groups is 2.